The molecule has 438 valence electrons. The van der Waals surface area contributed by atoms with Crippen molar-refractivity contribution in [1.82, 2.24) is 5.32 Å². The number of unbranched alkanes of at least 4 members (excludes halogenated alkanes) is 48. The van der Waals surface area contributed by atoms with Crippen LogP contribution in [0.5, 0.6) is 0 Å². The van der Waals surface area contributed by atoms with Crippen molar-refractivity contribution < 1.29 is 24.5 Å². The summed E-state index contributed by atoms with van der Waals surface area (Å²) in [7, 11) is 0. The van der Waals surface area contributed by atoms with Crippen molar-refractivity contribution in [1.29, 1.82) is 0 Å². The van der Waals surface area contributed by atoms with Crippen LogP contribution in [0.15, 0.2) is 24.3 Å². The van der Waals surface area contributed by atoms with E-state index >= 15 is 0 Å². The van der Waals surface area contributed by atoms with Crippen molar-refractivity contribution >= 4 is 11.9 Å². The molecule has 0 aliphatic carbocycles. The van der Waals surface area contributed by atoms with Crippen LogP contribution in [0.3, 0.4) is 0 Å². The lowest BCUT2D eigenvalue weighted by Crippen LogP contribution is -2.45. The summed E-state index contributed by atoms with van der Waals surface area (Å²) in [6.45, 7) is 4.96. The lowest BCUT2D eigenvalue weighted by atomic mass is 10.0. The lowest BCUT2D eigenvalue weighted by Gasteiger charge is -2.22. The molecular weight excluding hydrogens is 911 g/mol. The second kappa shape index (κ2) is 63.9. The fraction of sp³-hybridized carbons (Fsp3) is 0.912. The van der Waals surface area contributed by atoms with Crippen molar-refractivity contribution in [2.75, 3.05) is 13.2 Å². The molecule has 0 rings (SSSR count). The molecule has 0 bridgehead atoms. The number of carbonyl (C=O) groups excluding carboxylic acids is 2. The van der Waals surface area contributed by atoms with E-state index in [4.69, 9.17) is 4.74 Å². The molecule has 0 aliphatic rings. The summed E-state index contributed by atoms with van der Waals surface area (Å²) in [4.78, 5) is 24.5. The number of hydrogen-bond donors (Lipinski definition) is 3. The summed E-state index contributed by atoms with van der Waals surface area (Å²) >= 11 is 0. The summed E-state index contributed by atoms with van der Waals surface area (Å²) in [5, 5.41) is 23.1. The number of carbonyl (C=O) groups is 2. The first kappa shape index (κ1) is 72.3. The molecule has 6 heteroatoms. The van der Waals surface area contributed by atoms with Crippen LogP contribution < -0.4 is 5.32 Å². The largest absolute Gasteiger partial charge is 0.466 e. The Hall–Kier alpha value is -1.66. The van der Waals surface area contributed by atoms with Gasteiger partial charge in [0, 0.05) is 12.8 Å². The first-order valence-corrected chi connectivity index (χ1v) is 33.6. The van der Waals surface area contributed by atoms with Gasteiger partial charge in [-0.15, -0.1) is 0 Å². The zero-order valence-electron chi connectivity index (χ0n) is 50.1. The predicted molar refractivity (Wildman–Crippen MR) is 324 cm³/mol. The molecule has 0 aliphatic heterocycles. The maximum atomic E-state index is 12.4. The Kier molecular flexibility index (Phi) is 62.4. The standard InChI is InChI=1S/C68H131NO5/c1-3-5-7-9-11-13-14-15-35-39-42-46-50-54-58-62-68(73)74-63-59-55-51-47-43-40-37-34-32-30-28-26-24-22-20-18-16-17-19-21-23-25-27-29-31-33-36-38-41-45-49-53-57-61-67(72)69-65(64-70)66(71)60-56-52-48-44-12-10-8-6-4-2/h20,22,26,28,65-66,70-71H,3-19,21,23-25,27,29-64H2,1-2H3,(H,69,72)/b22-20-,28-26-. The maximum Gasteiger partial charge on any atom is 0.305 e. The van der Waals surface area contributed by atoms with Crippen molar-refractivity contribution in [2.24, 2.45) is 0 Å². The summed E-state index contributed by atoms with van der Waals surface area (Å²) in [5.74, 6) is -0.0166. The molecule has 0 radical (unpaired) electrons. The van der Waals surface area contributed by atoms with Crippen molar-refractivity contribution in [3.63, 3.8) is 0 Å². The summed E-state index contributed by atoms with van der Waals surface area (Å²) in [5.41, 5.74) is 0. The summed E-state index contributed by atoms with van der Waals surface area (Å²) in [6, 6.07) is -0.537. The highest BCUT2D eigenvalue weighted by Crippen LogP contribution is 2.18. The molecule has 6 nitrogen and oxygen atoms in total. The van der Waals surface area contributed by atoms with E-state index in [1.54, 1.807) is 0 Å². The van der Waals surface area contributed by atoms with Crippen LogP contribution in [0.25, 0.3) is 0 Å². The zero-order chi connectivity index (χ0) is 53.6. The molecule has 0 aromatic heterocycles. The Morgan fingerprint density at radius 1 is 0.378 bits per heavy atom. The van der Waals surface area contributed by atoms with Crippen molar-refractivity contribution in [3.05, 3.63) is 24.3 Å². The summed E-state index contributed by atoms with van der Waals surface area (Å²) in [6.07, 6.45) is 79.5. The molecule has 0 heterocycles. The van der Waals surface area contributed by atoms with Crippen molar-refractivity contribution in [2.45, 2.75) is 386 Å². The second-order valence-corrected chi connectivity index (χ2v) is 23.2. The molecule has 0 aromatic rings. The minimum absolute atomic E-state index is 0.0175. The lowest BCUT2D eigenvalue weighted by molar-refractivity contribution is -0.143. The Morgan fingerprint density at radius 2 is 0.676 bits per heavy atom. The average Bonchev–Trinajstić information content (AvgIpc) is 3.40. The van der Waals surface area contributed by atoms with Crippen LogP contribution in [0.1, 0.15) is 373 Å². The quantitative estimate of drug-likeness (QED) is 0.0320. The van der Waals surface area contributed by atoms with Gasteiger partial charge in [0.1, 0.15) is 0 Å². The van der Waals surface area contributed by atoms with Gasteiger partial charge < -0.3 is 20.3 Å². The third kappa shape index (κ3) is 59.6. The van der Waals surface area contributed by atoms with E-state index in [2.05, 4.69) is 43.5 Å². The molecule has 2 atom stereocenters. The SMILES string of the molecule is CCCCCCCCCCCCCCCCCC(=O)OCCCCCCCCCCC/C=C\C/C=C\CCCCCCCCCCCCCCCCCCCC(=O)NC(CO)C(O)CCCCCCCCCCC. The molecule has 0 aromatic carbocycles. The van der Waals surface area contributed by atoms with Crippen LogP contribution in [-0.4, -0.2) is 47.4 Å². The highest BCUT2D eigenvalue weighted by molar-refractivity contribution is 5.76. The number of esters is 1. The van der Waals surface area contributed by atoms with Crippen LogP contribution >= 0.6 is 0 Å². The van der Waals surface area contributed by atoms with E-state index < -0.39 is 12.1 Å². The number of amides is 1. The van der Waals surface area contributed by atoms with Crippen LogP contribution in [0.4, 0.5) is 0 Å². The first-order valence-electron chi connectivity index (χ1n) is 33.6. The zero-order valence-corrected chi connectivity index (χ0v) is 50.1. The maximum absolute atomic E-state index is 12.4. The molecule has 1 amide bonds. The van der Waals surface area contributed by atoms with Crippen molar-refractivity contribution in [3.8, 4) is 0 Å². The number of aliphatic hydroxyl groups excluding tert-OH is 2. The Morgan fingerprint density at radius 3 is 1.03 bits per heavy atom. The second-order valence-electron chi connectivity index (χ2n) is 23.2. The third-order valence-corrected chi connectivity index (χ3v) is 15.8. The fourth-order valence-corrected chi connectivity index (χ4v) is 10.6. The predicted octanol–water partition coefficient (Wildman–Crippen LogP) is 21.4. The van der Waals surface area contributed by atoms with Crippen LogP contribution in [0.2, 0.25) is 0 Å². The molecule has 0 fully saturated rings. The smallest absolute Gasteiger partial charge is 0.305 e. The van der Waals surface area contributed by atoms with E-state index in [9.17, 15) is 19.8 Å². The van der Waals surface area contributed by atoms with Gasteiger partial charge in [-0.2, -0.15) is 0 Å². The van der Waals surface area contributed by atoms with E-state index in [0.29, 0.717) is 25.9 Å². The molecule has 0 saturated carbocycles. The number of ether oxygens (including phenoxy) is 1. The highest BCUT2D eigenvalue weighted by Gasteiger charge is 2.20. The molecule has 3 N–H and O–H groups in total. The van der Waals surface area contributed by atoms with E-state index in [1.807, 2.05) is 0 Å². The molecule has 0 spiro atoms. The Balaban J connectivity index is 3.34. The van der Waals surface area contributed by atoms with Gasteiger partial charge in [0.15, 0.2) is 0 Å². The molecule has 2 unspecified atom stereocenters. The third-order valence-electron chi connectivity index (χ3n) is 15.8. The minimum atomic E-state index is -0.660. The number of aliphatic hydroxyl groups is 2. The highest BCUT2D eigenvalue weighted by atomic mass is 16.5. The number of rotatable bonds is 63. The van der Waals surface area contributed by atoms with Gasteiger partial charge in [0.25, 0.3) is 0 Å². The van der Waals surface area contributed by atoms with E-state index in [1.165, 1.54) is 295 Å². The number of nitrogens with one attached hydrogen (secondary N) is 1. The molecule has 74 heavy (non-hydrogen) atoms. The topological polar surface area (TPSA) is 95.9 Å². The fourth-order valence-electron chi connectivity index (χ4n) is 10.6. The Bertz CT molecular complexity index is 1150. The van der Waals surface area contributed by atoms with Gasteiger partial charge in [-0.1, -0.05) is 327 Å². The van der Waals surface area contributed by atoms with Gasteiger partial charge in [0.05, 0.1) is 25.4 Å². The normalized spacial score (nSPS) is 12.6. The Labute approximate surface area is 462 Å². The monoisotopic (exact) mass is 1040 g/mol. The van der Waals surface area contributed by atoms with Gasteiger partial charge in [-0.3, -0.25) is 9.59 Å². The summed E-state index contributed by atoms with van der Waals surface area (Å²) < 4.78 is 5.49. The van der Waals surface area contributed by atoms with Gasteiger partial charge >= 0.3 is 5.97 Å². The molecular formula is C68H131NO5. The first-order chi connectivity index (χ1) is 36.5. The number of allylic oxidation sites excluding steroid dienone is 4. The van der Waals surface area contributed by atoms with E-state index in [-0.39, 0.29) is 18.5 Å². The minimum Gasteiger partial charge on any atom is -0.466 e. The van der Waals surface area contributed by atoms with Gasteiger partial charge in [-0.25, -0.2) is 0 Å². The van der Waals surface area contributed by atoms with Gasteiger partial charge in [0.2, 0.25) is 5.91 Å². The van der Waals surface area contributed by atoms with Gasteiger partial charge in [-0.05, 0) is 57.8 Å². The molecule has 0 saturated heterocycles. The number of hydrogen-bond acceptors (Lipinski definition) is 5. The average molecular weight is 1040 g/mol. The van der Waals surface area contributed by atoms with E-state index in [0.717, 1.165) is 44.9 Å². The van der Waals surface area contributed by atoms with Crippen LogP contribution in [0, 0.1) is 0 Å². The van der Waals surface area contributed by atoms with Crippen LogP contribution in [-0.2, 0) is 14.3 Å².